The molecule has 1 N–H and O–H groups in total. The number of amides is 1. The highest BCUT2D eigenvalue weighted by molar-refractivity contribution is 6.12. The van der Waals surface area contributed by atoms with Crippen LogP contribution < -0.4 is 10.1 Å². The first-order chi connectivity index (χ1) is 16.1. The Labute approximate surface area is 196 Å². The van der Waals surface area contributed by atoms with Gasteiger partial charge in [-0.1, -0.05) is 0 Å². The number of hydrogen-bond donors (Lipinski definition) is 1. The van der Waals surface area contributed by atoms with Gasteiger partial charge in [-0.3, -0.25) is 9.36 Å². The van der Waals surface area contributed by atoms with Gasteiger partial charge in [-0.2, -0.15) is 0 Å². The number of ether oxygens (including phenoxy) is 2. The molecule has 2 heterocycles. The zero-order valence-electron chi connectivity index (χ0n) is 19.6. The van der Waals surface area contributed by atoms with E-state index in [1.807, 2.05) is 0 Å². The van der Waals surface area contributed by atoms with Crippen molar-refractivity contribution in [2.75, 3.05) is 14.2 Å². The SMILES string of the molecule is CNC(=O)c1c(-c2ccc(F)cc2)oc2cc(-c3cccn3C(=O)OC(C)(C)C)c(OC)cc12. The van der Waals surface area contributed by atoms with Crippen molar-refractivity contribution in [3.63, 3.8) is 0 Å². The predicted octanol–water partition coefficient (Wildman–Crippen LogP) is 5.86. The first kappa shape index (κ1) is 23.1. The third-order valence-corrected chi connectivity index (χ3v) is 5.19. The number of benzene rings is 2. The van der Waals surface area contributed by atoms with Gasteiger partial charge in [0.1, 0.15) is 28.5 Å². The van der Waals surface area contributed by atoms with Crippen LogP contribution in [-0.4, -0.2) is 36.3 Å². The molecular weight excluding hydrogens is 439 g/mol. The van der Waals surface area contributed by atoms with E-state index in [0.717, 1.165) is 0 Å². The predicted molar refractivity (Wildman–Crippen MR) is 127 cm³/mol. The Morgan fingerprint density at radius 1 is 1.09 bits per heavy atom. The summed E-state index contributed by atoms with van der Waals surface area (Å²) in [7, 11) is 3.03. The van der Waals surface area contributed by atoms with E-state index in [-0.39, 0.29) is 5.91 Å². The lowest BCUT2D eigenvalue weighted by Crippen LogP contribution is -2.27. The lowest BCUT2D eigenvalue weighted by atomic mass is 10.0. The smallest absolute Gasteiger partial charge is 0.418 e. The van der Waals surface area contributed by atoms with Crippen LogP contribution in [-0.2, 0) is 4.74 Å². The molecule has 0 saturated heterocycles. The first-order valence-electron chi connectivity index (χ1n) is 10.7. The molecule has 4 rings (SSSR count). The van der Waals surface area contributed by atoms with Crippen LogP contribution in [0.15, 0.2) is 59.1 Å². The number of furan rings is 1. The van der Waals surface area contributed by atoms with E-state index >= 15 is 0 Å². The van der Waals surface area contributed by atoms with Crippen LogP contribution in [0.5, 0.6) is 5.75 Å². The molecule has 7 nitrogen and oxygen atoms in total. The molecule has 0 aliphatic heterocycles. The minimum atomic E-state index is -0.667. The van der Waals surface area contributed by atoms with E-state index < -0.39 is 17.5 Å². The number of nitrogens with zero attached hydrogens (tertiary/aromatic N) is 1. The van der Waals surface area contributed by atoms with Crippen molar-refractivity contribution in [1.82, 2.24) is 9.88 Å². The molecule has 0 aliphatic carbocycles. The second-order valence-electron chi connectivity index (χ2n) is 8.68. The van der Waals surface area contributed by atoms with Crippen LogP contribution in [0.25, 0.3) is 33.6 Å². The molecule has 0 fully saturated rings. The minimum absolute atomic E-state index is 0.302. The number of carbonyl (C=O) groups excluding carboxylic acids is 2. The summed E-state index contributed by atoms with van der Waals surface area (Å²) in [4.78, 5) is 25.6. The standard InChI is InChI=1S/C26H25FN2O5/c1-26(2,3)34-25(31)29-12-6-7-19(29)17-13-21-18(14-20(17)32-5)22(24(30)28-4)23(33-21)15-8-10-16(27)11-9-15/h6-14H,1-5H3,(H,28,30). The molecule has 34 heavy (non-hydrogen) atoms. The summed E-state index contributed by atoms with van der Waals surface area (Å²) < 4.78 is 32.1. The van der Waals surface area contributed by atoms with Crippen molar-refractivity contribution in [3.8, 4) is 28.3 Å². The van der Waals surface area contributed by atoms with Crippen LogP contribution in [0.3, 0.4) is 0 Å². The summed E-state index contributed by atoms with van der Waals surface area (Å²) in [6, 6.07) is 12.6. The van der Waals surface area contributed by atoms with E-state index in [2.05, 4.69) is 5.32 Å². The molecule has 0 spiro atoms. The van der Waals surface area contributed by atoms with E-state index in [9.17, 15) is 14.0 Å². The fraction of sp³-hybridized carbons (Fsp3) is 0.231. The van der Waals surface area contributed by atoms with Gasteiger partial charge in [-0.15, -0.1) is 0 Å². The Morgan fingerprint density at radius 3 is 2.41 bits per heavy atom. The van der Waals surface area contributed by atoms with E-state index in [4.69, 9.17) is 13.9 Å². The van der Waals surface area contributed by atoms with E-state index in [1.54, 1.807) is 63.4 Å². The molecular formula is C26H25FN2O5. The van der Waals surface area contributed by atoms with Crippen LogP contribution in [0.2, 0.25) is 0 Å². The molecule has 2 aromatic heterocycles. The molecule has 0 radical (unpaired) electrons. The second-order valence-corrected chi connectivity index (χ2v) is 8.68. The van der Waals surface area contributed by atoms with Crippen molar-refractivity contribution < 1.29 is 27.9 Å². The average Bonchev–Trinajstić information content (AvgIpc) is 3.41. The normalized spacial score (nSPS) is 11.5. The highest BCUT2D eigenvalue weighted by Gasteiger charge is 2.26. The highest BCUT2D eigenvalue weighted by Crippen LogP contribution is 2.40. The molecule has 0 unspecified atom stereocenters. The van der Waals surface area contributed by atoms with Crippen LogP contribution >= 0.6 is 0 Å². The lowest BCUT2D eigenvalue weighted by molar-refractivity contribution is 0.0540. The summed E-state index contributed by atoms with van der Waals surface area (Å²) in [6.45, 7) is 5.38. The summed E-state index contributed by atoms with van der Waals surface area (Å²) in [5.41, 5.74) is 1.71. The minimum Gasteiger partial charge on any atom is -0.496 e. The highest BCUT2D eigenvalue weighted by atomic mass is 19.1. The molecule has 2 aromatic carbocycles. The molecule has 0 aliphatic rings. The molecule has 176 valence electrons. The largest absolute Gasteiger partial charge is 0.496 e. The Balaban J connectivity index is 1.92. The number of methoxy groups -OCH3 is 1. The fourth-order valence-electron chi connectivity index (χ4n) is 3.72. The zero-order chi connectivity index (χ0) is 24.6. The molecule has 0 saturated carbocycles. The van der Waals surface area contributed by atoms with Gasteiger partial charge in [0.15, 0.2) is 0 Å². The van der Waals surface area contributed by atoms with Gasteiger partial charge < -0.3 is 19.2 Å². The summed E-state index contributed by atoms with van der Waals surface area (Å²) in [6.07, 6.45) is 1.07. The van der Waals surface area contributed by atoms with Gasteiger partial charge in [0, 0.05) is 29.8 Å². The van der Waals surface area contributed by atoms with Crippen molar-refractivity contribution in [3.05, 3.63) is 66.1 Å². The van der Waals surface area contributed by atoms with Crippen molar-refractivity contribution in [2.45, 2.75) is 26.4 Å². The van der Waals surface area contributed by atoms with E-state index in [1.165, 1.54) is 30.9 Å². The third kappa shape index (κ3) is 4.26. The van der Waals surface area contributed by atoms with Gasteiger partial charge in [0.25, 0.3) is 5.91 Å². The maximum absolute atomic E-state index is 13.5. The number of fused-ring (bicyclic) bond motifs is 1. The quantitative estimate of drug-likeness (QED) is 0.409. The van der Waals surface area contributed by atoms with E-state index in [0.29, 0.717) is 44.9 Å². The molecule has 4 aromatic rings. The Morgan fingerprint density at radius 2 is 1.79 bits per heavy atom. The van der Waals surface area contributed by atoms with Gasteiger partial charge >= 0.3 is 6.09 Å². The topological polar surface area (TPSA) is 82.7 Å². The fourth-order valence-corrected chi connectivity index (χ4v) is 3.72. The van der Waals surface area contributed by atoms with Crippen molar-refractivity contribution in [2.24, 2.45) is 0 Å². The maximum atomic E-state index is 13.5. The van der Waals surface area contributed by atoms with Gasteiger partial charge in [0.05, 0.1) is 18.4 Å². The van der Waals surface area contributed by atoms with Gasteiger partial charge in [-0.05, 0) is 69.3 Å². The Hall–Kier alpha value is -4.07. The van der Waals surface area contributed by atoms with Gasteiger partial charge in [0.2, 0.25) is 0 Å². The molecule has 0 atom stereocenters. The second kappa shape index (κ2) is 8.70. The third-order valence-electron chi connectivity index (χ3n) is 5.19. The Bertz CT molecular complexity index is 1380. The van der Waals surface area contributed by atoms with Crippen molar-refractivity contribution in [1.29, 1.82) is 0 Å². The number of nitrogens with one attached hydrogen (secondary N) is 1. The molecule has 1 amide bonds. The van der Waals surface area contributed by atoms with Crippen molar-refractivity contribution >= 4 is 23.0 Å². The Kier molecular flexibility index (Phi) is 5.91. The number of halogens is 1. The van der Waals surface area contributed by atoms with Crippen LogP contribution in [0.4, 0.5) is 9.18 Å². The summed E-state index contributed by atoms with van der Waals surface area (Å²) in [5, 5.41) is 3.15. The first-order valence-corrected chi connectivity index (χ1v) is 10.7. The van der Waals surface area contributed by atoms with Crippen LogP contribution in [0, 0.1) is 5.82 Å². The number of carbonyl (C=O) groups is 2. The maximum Gasteiger partial charge on any atom is 0.418 e. The summed E-state index contributed by atoms with van der Waals surface area (Å²) >= 11 is 0. The van der Waals surface area contributed by atoms with Gasteiger partial charge in [-0.25, -0.2) is 9.18 Å². The number of aromatic nitrogens is 1. The summed E-state index contributed by atoms with van der Waals surface area (Å²) in [5.74, 6) is -0.0121. The monoisotopic (exact) mass is 464 g/mol. The zero-order valence-corrected chi connectivity index (χ0v) is 19.6. The molecule has 8 heteroatoms. The average molecular weight is 464 g/mol. The lowest BCUT2D eigenvalue weighted by Gasteiger charge is -2.20. The van der Waals surface area contributed by atoms with Crippen LogP contribution in [0.1, 0.15) is 31.1 Å². The number of rotatable bonds is 4. The molecule has 0 bridgehead atoms. The number of hydrogen-bond acceptors (Lipinski definition) is 5.